The molecule has 0 aromatic carbocycles. The molecule has 0 spiro atoms. The number of piperidine rings is 1. The van der Waals surface area contributed by atoms with Crippen molar-refractivity contribution in [3.8, 4) is 0 Å². The zero-order chi connectivity index (χ0) is 8.77. The number of fused-ring (bicyclic) bond motifs is 2. The van der Waals surface area contributed by atoms with Crippen LogP contribution in [-0.4, -0.2) is 29.4 Å². The maximum atomic E-state index is 11.3. The molecule has 3 nitrogen and oxygen atoms in total. The van der Waals surface area contributed by atoms with Crippen LogP contribution in [-0.2, 0) is 4.79 Å². The molecule has 68 valence electrons. The van der Waals surface area contributed by atoms with Crippen LogP contribution in [0.25, 0.3) is 0 Å². The zero-order valence-corrected chi connectivity index (χ0v) is 7.55. The molecule has 1 amide bonds. The van der Waals surface area contributed by atoms with E-state index in [-0.39, 0.29) is 11.4 Å². The number of amides is 1. The molecule has 2 saturated heterocycles. The predicted molar refractivity (Wildman–Crippen MR) is 46.6 cm³/mol. The maximum Gasteiger partial charge on any atom is 0.237 e. The molecule has 12 heavy (non-hydrogen) atoms. The molecule has 0 radical (unpaired) electrons. The van der Waals surface area contributed by atoms with Gasteiger partial charge in [0, 0.05) is 6.04 Å². The number of hydrogen-bond acceptors (Lipinski definition) is 2. The SMILES string of the molecule is CN1C2CCCC1(C(N)=O)CC2. The van der Waals surface area contributed by atoms with Crippen LogP contribution in [0.4, 0.5) is 0 Å². The van der Waals surface area contributed by atoms with E-state index in [1.165, 1.54) is 6.42 Å². The van der Waals surface area contributed by atoms with Gasteiger partial charge in [-0.3, -0.25) is 9.69 Å². The lowest BCUT2D eigenvalue weighted by atomic mass is 9.88. The summed E-state index contributed by atoms with van der Waals surface area (Å²) in [6, 6.07) is 0.617. The van der Waals surface area contributed by atoms with E-state index < -0.39 is 0 Å². The molecule has 3 heteroatoms. The highest BCUT2D eigenvalue weighted by Crippen LogP contribution is 2.42. The maximum absolute atomic E-state index is 11.3. The molecular weight excluding hydrogens is 152 g/mol. The quantitative estimate of drug-likeness (QED) is 0.619. The highest BCUT2D eigenvalue weighted by molar-refractivity contribution is 5.85. The standard InChI is InChI=1S/C9H16N2O/c1-11-7-3-2-5-9(11,6-4-7)8(10)12/h7H,2-6H2,1H3,(H2,10,12). The summed E-state index contributed by atoms with van der Waals surface area (Å²) in [6.45, 7) is 0. The van der Waals surface area contributed by atoms with Gasteiger partial charge in [-0.05, 0) is 39.2 Å². The van der Waals surface area contributed by atoms with Crippen LogP contribution < -0.4 is 5.73 Å². The molecule has 2 bridgehead atoms. The Labute approximate surface area is 72.9 Å². The summed E-state index contributed by atoms with van der Waals surface area (Å²) in [6.07, 6.45) is 5.50. The molecule has 2 aliphatic heterocycles. The van der Waals surface area contributed by atoms with Crippen LogP contribution in [0.15, 0.2) is 0 Å². The normalized spacial score (nSPS) is 41.6. The summed E-state index contributed by atoms with van der Waals surface area (Å²) in [7, 11) is 2.04. The van der Waals surface area contributed by atoms with Crippen LogP contribution in [0.5, 0.6) is 0 Å². The third-order valence-electron chi connectivity index (χ3n) is 3.70. The van der Waals surface area contributed by atoms with Gasteiger partial charge >= 0.3 is 0 Å². The molecule has 0 saturated carbocycles. The zero-order valence-electron chi connectivity index (χ0n) is 7.55. The number of carbonyl (C=O) groups is 1. The second-order valence-corrected chi connectivity index (χ2v) is 4.09. The number of hydrogen-bond donors (Lipinski definition) is 1. The van der Waals surface area contributed by atoms with E-state index in [0.717, 1.165) is 25.7 Å². The number of primary amides is 1. The van der Waals surface area contributed by atoms with Crippen molar-refractivity contribution < 1.29 is 4.79 Å². The van der Waals surface area contributed by atoms with Crippen LogP contribution in [0, 0.1) is 0 Å². The van der Waals surface area contributed by atoms with Crippen LogP contribution in [0.2, 0.25) is 0 Å². The summed E-state index contributed by atoms with van der Waals surface area (Å²) in [4.78, 5) is 13.5. The summed E-state index contributed by atoms with van der Waals surface area (Å²) >= 11 is 0. The van der Waals surface area contributed by atoms with E-state index in [1.54, 1.807) is 0 Å². The minimum absolute atomic E-state index is 0.118. The van der Waals surface area contributed by atoms with Gasteiger partial charge in [-0.15, -0.1) is 0 Å². The van der Waals surface area contributed by atoms with Gasteiger partial charge in [0.05, 0.1) is 0 Å². The lowest BCUT2D eigenvalue weighted by Crippen LogP contribution is -2.56. The Morgan fingerprint density at radius 3 is 2.83 bits per heavy atom. The van der Waals surface area contributed by atoms with Crippen molar-refractivity contribution in [2.24, 2.45) is 5.73 Å². The molecule has 2 fully saturated rings. The predicted octanol–water partition coefficient (Wildman–Crippen LogP) is 0.489. The molecule has 2 heterocycles. The topological polar surface area (TPSA) is 46.3 Å². The van der Waals surface area contributed by atoms with Gasteiger partial charge in [-0.1, -0.05) is 0 Å². The largest absolute Gasteiger partial charge is 0.368 e. The molecule has 2 unspecified atom stereocenters. The van der Waals surface area contributed by atoms with Crippen molar-refractivity contribution >= 4 is 5.91 Å². The smallest absolute Gasteiger partial charge is 0.237 e. The van der Waals surface area contributed by atoms with Gasteiger partial charge in [0.2, 0.25) is 5.91 Å². The first-order chi connectivity index (χ1) is 5.67. The van der Waals surface area contributed by atoms with Crippen LogP contribution in [0.3, 0.4) is 0 Å². The molecule has 2 rings (SSSR count). The van der Waals surface area contributed by atoms with Crippen LogP contribution >= 0.6 is 0 Å². The van der Waals surface area contributed by atoms with Crippen molar-refractivity contribution in [1.82, 2.24) is 4.90 Å². The number of nitrogens with two attached hydrogens (primary N) is 1. The van der Waals surface area contributed by atoms with Crippen molar-refractivity contribution in [1.29, 1.82) is 0 Å². The number of carbonyl (C=O) groups excluding carboxylic acids is 1. The summed E-state index contributed by atoms with van der Waals surface area (Å²) in [5, 5.41) is 0. The van der Waals surface area contributed by atoms with E-state index in [2.05, 4.69) is 4.90 Å². The van der Waals surface area contributed by atoms with Gasteiger partial charge in [0.1, 0.15) is 5.54 Å². The summed E-state index contributed by atoms with van der Waals surface area (Å²) in [5.41, 5.74) is 5.17. The summed E-state index contributed by atoms with van der Waals surface area (Å²) in [5.74, 6) is -0.118. The third-order valence-corrected chi connectivity index (χ3v) is 3.70. The Bertz CT molecular complexity index is 213. The fraction of sp³-hybridized carbons (Fsp3) is 0.889. The lowest BCUT2D eigenvalue weighted by molar-refractivity contribution is -0.130. The van der Waals surface area contributed by atoms with E-state index >= 15 is 0 Å². The minimum atomic E-state index is -0.275. The Morgan fingerprint density at radius 1 is 1.50 bits per heavy atom. The van der Waals surface area contributed by atoms with E-state index in [9.17, 15) is 4.79 Å². The van der Waals surface area contributed by atoms with Crippen molar-refractivity contribution in [2.75, 3.05) is 7.05 Å². The third kappa shape index (κ3) is 0.829. The average Bonchev–Trinajstić information content (AvgIpc) is 2.28. The first-order valence-electron chi connectivity index (χ1n) is 4.70. The van der Waals surface area contributed by atoms with Crippen molar-refractivity contribution in [3.63, 3.8) is 0 Å². The first-order valence-corrected chi connectivity index (χ1v) is 4.70. The highest BCUT2D eigenvalue weighted by atomic mass is 16.1. The van der Waals surface area contributed by atoms with Gasteiger partial charge < -0.3 is 5.73 Å². The second kappa shape index (κ2) is 2.46. The summed E-state index contributed by atoms with van der Waals surface area (Å²) < 4.78 is 0. The Kier molecular flexibility index (Phi) is 1.65. The highest BCUT2D eigenvalue weighted by Gasteiger charge is 2.50. The lowest BCUT2D eigenvalue weighted by Gasteiger charge is -2.39. The van der Waals surface area contributed by atoms with E-state index in [1.807, 2.05) is 7.05 Å². The molecule has 0 aromatic rings. The molecule has 0 aliphatic carbocycles. The van der Waals surface area contributed by atoms with Crippen molar-refractivity contribution in [2.45, 2.75) is 43.7 Å². The van der Waals surface area contributed by atoms with E-state index in [0.29, 0.717) is 6.04 Å². The average molecular weight is 168 g/mol. The first kappa shape index (κ1) is 8.05. The molecule has 0 aromatic heterocycles. The second-order valence-electron chi connectivity index (χ2n) is 4.09. The van der Waals surface area contributed by atoms with Gasteiger partial charge in [-0.25, -0.2) is 0 Å². The Morgan fingerprint density at radius 2 is 2.25 bits per heavy atom. The fourth-order valence-corrected chi connectivity index (χ4v) is 2.81. The fourth-order valence-electron chi connectivity index (χ4n) is 2.81. The van der Waals surface area contributed by atoms with Gasteiger partial charge in [-0.2, -0.15) is 0 Å². The Hall–Kier alpha value is -0.570. The molecule has 2 aliphatic rings. The monoisotopic (exact) mass is 168 g/mol. The minimum Gasteiger partial charge on any atom is -0.368 e. The Balaban J connectivity index is 2.29. The number of nitrogens with zero attached hydrogens (tertiary/aromatic N) is 1. The molecule has 2 N–H and O–H groups in total. The number of rotatable bonds is 1. The van der Waals surface area contributed by atoms with Crippen LogP contribution in [0.1, 0.15) is 32.1 Å². The van der Waals surface area contributed by atoms with Crippen molar-refractivity contribution in [3.05, 3.63) is 0 Å². The van der Waals surface area contributed by atoms with Gasteiger partial charge in [0.15, 0.2) is 0 Å². The number of likely N-dealkylation sites (N-methyl/N-ethyl adjacent to an activating group) is 1. The molecule has 2 atom stereocenters. The molecular formula is C9H16N2O. The van der Waals surface area contributed by atoms with Gasteiger partial charge in [0.25, 0.3) is 0 Å². The van der Waals surface area contributed by atoms with E-state index in [4.69, 9.17) is 5.73 Å².